The maximum absolute atomic E-state index is 12.5. The van der Waals surface area contributed by atoms with Crippen LogP contribution in [0, 0.1) is 16.0 Å². The van der Waals surface area contributed by atoms with E-state index in [1.165, 1.54) is 4.31 Å². The lowest BCUT2D eigenvalue weighted by Gasteiger charge is -2.17. The quantitative estimate of drug-likeness (QED) is 0.651. The Bertz CT molecular complexity index is 649. The molecule has 0 spiro atoms. The van der Waals surface area contributed by atoms with Crippen LogP contribution in [0.3, 0.4) is 0 Å². The molecule has 1 aliphatic rings. The fraction of sp³-hybridized carbons (Fsp3) is 0.500. The molecule has 1 aromatic rings. The van der Waals surface area contributed by atoms with E-state index in [0.29, 0.717) is 25.9 Å². The highest BCUT2D eigenvalue weighted by atomic mass is 35.5. The largest absolute Gasteiger partial charge is 0.396 e. The minimum atomic E-state index is -3.77. The first-order valence-electron chi connectivity index (χ1n) is 6.41. The lowest BCUT2D eigenvalue weighted by atomic mass is 10.1. The molecule has 9 heteroatoms. The first kappa shape index (κ1) is 16.2. The molecule has 0 bridgehead atoms. The van der Waals surface area contributed by atoms with E-state index in [2.05, 4.69) is 0 Å². The molecule has 0 saturated carbocycles. The number of rotatable bonds is 5. The monoisotopic (exact) mass is 334 g/mol. The Morgan fingerprint density at radius 3 is 2.76 bits per heavy atom. The summed E-state index contributed by atoms with van der Waals surface area (Å²) in [5, 5.41) is 19.4. The molecule has 2 rings (SSSR count). The van der Waals surface area contributed by atoms with Crippen molar-refractivity contribution >= 4 is 27.3 Å². The van der Waals surface area contributed by atoms with Gasteiger partial charge in [0.05, 0.1) is 9.95 Å². The molecule has 1 heterocycles. The number of hydrogen-bond acceptors (Lipinski definition) is 5. The molecule has 1 N–H and O–H groups in total. The predicted molar refractivity (Wildman–Crippen MR) is 76.7 cm³/mol. The zero-order valence-electron chi connectivity index (χ0n) is 11.1. The Hall–Kier alpha value is -1.22. The van der Waals surface area contributed by atoms with Crippen LogP contribution in [0.5, 0.6) is 0 Å². The topological polar surface area (TPSA) is 101 Å². The van der Waals surface area contributed by atoms with E-state index < -0.39 is 14.9 Å². The third kappa shape index (κ3) is 3.34. The molecule has 21 heavy (non-hydrogen) atoms. The summed E-state index contributed by atoms with van der Waals surface area (Å²) in [7, 11) is -3.77. The van der Waals surface area contributed by atoms with Gasteiger partial charge in [0.25, 0.3) is 5.69 Å². The van der Waals surface area contributed by atoms with Gasteiger partial charge in [-0.15, -0.1) is 0 Å². The van der Waals surface area contributed by atoms with Gasteiger partial charge in [0, 0.05) is 31.8 Å². The van der Waals surface area contributed by atoms with Gasteiger partial charge in [0.15, 0.2) is 0 Å². The summed E-state index contributed by atoms with van der Waals surface area (Å²) in [6, 6.07) is 3.32. The van der Waals surface area contributed by atoms with Crippen molar-refractivity contribution < 1.29 is 18.4 Å². The second-order valence-corrected chi connectivity index (χ2v) is 7.22. The summed E-state index contributed by atoms with van der Waals surface area (Å²) in [5.41, 5.74) is -0.251. The SMILES string of the molecule is O=[N+]([O-])c1ccc(S(=O)(=O)N2CCC(CCO)C2)c(Cl)c1. The number of aliphatic hydroxyl groups is 1. The number of nitro benzene ring substituents is 1. The Morgan fingerprint density at radius 1 is 1.48 bits per heavy atom. The number of nitro groups is 1. The summed E-state index contributed by atoms with van der Waals surface area (Å²) in [5.74, 6) is 0.126. The fourth-order valence-electron chi connectivity index (χ4n) is 2.39. The van der Waals surface area contributed by atoms with Crippen LogP contribution in [-0.4, -0.2) is 42.4 Å². The average molecular weight is 335 g/mol. The van der Waals surface area contributed by atoms with E-state index in [0.717, 1.165) is 18.2 Å². The standard InChI is InChI=1S/C12H15ClN2O5S/c13-11-7-10(15(17)18)1-2-12(11)21(19,20)14-5-3-9(8-14)4-6-16/h1-2,7,9,16H,3-6,8H2. The van der Waals surface area contributed by atoms with Crippen molar-refractivity contribution in [1.29, 1.82) is 0 Å². The second kappa shape index (κ2) is 6.27. The molecule has 0 aliphatic carbocycles. The van der Waals surface area contributed by atoms with E-state index in [9.17, 15) is 18.5 Å². The molecule has 1 unspecified atom stereocenters. The van der Waals surface area contributed by atoms with Crippen molar-refractivity contribution in [2.45, 2.75) is 17.7 Å². The number of aliphatic hydroxyl groups excluding tert-OH is 1. The minimum absolute atomic E-state index is 0.0246. The molecule has 1 fully saturated rings. The number of nitrogens with zero attached hydrogens (tertiary/aromatic N) is 2. The molecule has 1 aromatic carbocycles. The predicted octanol–water partition coefficient (Wildman–Crippen LogP) is 1.64. The molecule has 0 amide bonds. The molecular formula is C12H15ClN2O5S. The van der Waals surface area contributed by atoms with Crippen LogP contribution in [0.15, 0.2) is 23.1 Å². The smallest absolute Gasteiger partial charge is 0.271 e. The van der Waals surface area contributed by atoms with Gasteiger partial charge in [-0.05, 0) is 24.8 Å². The number of hydrogen-bond donors (Lipinski definition) is 1. The zero-order chi connectivity index (χ0) is 15.6. The Morgan fingerprint density at radius 2 is 2.19 bits per heavy atom. The van der Waals surface area contributed by atoms with E-state index in [4.69, 9.17) is 16.7 Å². The van der Waals surface area contributed by atoms with Gasteiger partial charge < -0.3 is 5.11 Å². The lowest BCUT2D eigenvalue weighted by Crippen LogP contribution is -2.29. The van der Waals surface area contributed by atoms with Crippen LogP contribution in [0.4, 0.5) is 5.69 Å². The summed E-state index contributed by atoms with van der Waals surface area (Å²) in [6.07, 6.45) is 1.24. The molecule has 0 aromatic heterocycles. The normalized spacial score (nSPS) is 19.8. The van der Waals surface area contributed by atoms with Crippen LogP contribution in [-0.2, 0) is 10.0 Å². The summed E-state index contributed by atoms with van der Waals surface area (Å²) in [6.45, 7) is 0.716. The van der Waals surface area contributed by atoms with Gasteiger partial charge in [-0.2, -0.15) is 4.31 Å². The van der Waals surface area contributed by atoms with Gasteiger partial charge in [0.2, 0.25) is 10.0 Å². The maximum Gasteiger partial charge on any atom is 0.271 e. The van der Waals surface area contributed by atoms with Crippen LogP contribution < -0.4 is 0 Å². The van der Waals surface area contributed by atoms with Crippen molar-refractivity contribution in [3.05, 3.63) is 33.3 Å². The zero-order valence-corrected chi connectivity index (χ0v) is 12.7. The minimum Gasteiger partial charge on any atom is -0.396 e. The summed E-state index contributed by atoms with van der Waals surface area (Å²) < 4.78 is 26.3. The third-order valence-electron chi connectivity index (χ3n) is 3.53. The van der Waals surface area contributed by atoms with Gasteiger partial charge >= 0.3 is 0 Å². The number of non-ortho nitro benzene ring substituents is 1. The number of halogens is 1. The highest BCUT2D eigenvalue weighted by Gasteiger charge is 2.33. The van der Waals surface area contributed by atoms with E-state index in [1.807, 2.05) is 0 Å². The maximum atomic E-state index is 12.5. The first-order chi connectivity index (χ1) is 9.86. The van der Waals surface area contributed by atoms with E-state index in [-0.39, 0.29) is 28.1 Å². The average Bonchev–Trinajstić information content (AvgIpc) is 2.88. The van der Waals surface area contributed by atoms with Gasteiger partial charge in [-0.3, -0.25) is 10.1 Å². The van der Waals surface area contributed by atoms with Crippen molar-refractivity contribution in [2.24, 2.45) is 5.92 Å². The van der Waals surface area contributed by atoms with Crippen molar-refractivity contribution in [3.8, 4) is 0 Å². The lowest BCUT2D eigenvalue weighted by molar-refractivity contribution is -0.384. The van der Waals surface area contributed by atoms with Gasteiger partial charge in [-0.1, -0.05) is 11.6 Å². The van der Waals surface area contributed by atoms with Crippen molar-refractivity contribution in [2.75, 3.05) is 19.7 Å². The van der Waals surface area contributed by atoms with Crippen molar-refractivity contribution in [3.63, 3.8) is 0 Å². The molecule has 1 aliphatic heterocycles. The fourth-order valence-corrected chi connectivity index (χ4v) is 4.43. The molecule has 7 nitrogen and oxygen atoms in total. The number of sulfonamides is 1. The van der Waals surface area contributed by atoms with Crippen LogP contribution in [0.25, 0.3) is 0 Å². The first-order valence-corrected chi connectivity index (χ1v) is 8.23. The third-order valence-corrected chi connectivity index (χ3v) is 5.88. The summed E-state index contributed by atoms with van der Waals surface area (Å²) >= 11 is 5.88. The molecular weight excluding hydrogens is 320 g/mol. The summed E-state index contributed by atoms with van der Waals surface area (Å²) in [4.78, 5) is 9.89. The highest BCUT2D eigenvalue weighted by Crippen LogP contribution is 2.31. The Kier molecular flexibility index (Phi) is 4.82. The van der Waals surface area contributed by atoms with Crippen LogP contribution >= 0.6 is 11.6 Å². The van der Waals surface area contributed by atoms with E-state index in [1.54, 1.807) is 0 Å². The van der Waals surface area contributed by atoms with Crippen molar-refractivity contribution in [1.82, 2.24) is 4.31 Å². The van der Waals surface area contributed by atoms with Gasteiger partial charge in [0.1, 0.15) is 4.90 Å². The van der Waals surface area contributed by atoms with Crippen LogP contribution in [0.1, 0.15) is 12.8 Å². The number of benzene rings is 1. The van der Waals surface area contributed by atoms with Crippen LogP contribution in [0.2, 0.25) is 5.02 Å². The highest BCUT2D eigenvalue weighted by molar-refractivity contribution is 7.89. The molecule has 0 radical (unpaired) electrons. The molecule has 116 valence electrons. The second-order valence-electron chi connectivity index (χ2n) is 4.90. The molecule has 1 saturated heterocycles. The van der Waals surface area contributed by atoms with E-state index >= 15 is 0 Å². The Balaban J connectivity index is 2.26. The van der Waals surface area contributed by atoms with Gasteiger partial charge in [-0.25, -0.2) is 8.42 Å². The molecule has 1 atom stereocenters. The Labute approximate surface area is 127 Å².